The van der Waals surface area contributed by atoms with Crippen LogP contribution in [-0.2, 0) is 4.74 Å². The number of hydrogen-bond acceptors (Lipinski definition) is 5. The fraction of sp³-hybridized carbons (Fsp3) is 0.417. The first-order valence-electron chi connectivity index (χ1n) is 5.90. The van der Waals surface area contributed by atoms with Gasteiger partial charge in [-0.05, 0) is 6.07 Å². The number of aromatic amines is 1. The van der Waals surface area contributed by atoms with E-state index in [-0.39, 0.29) is 6.10 Å². The highest BCUT2D eigenvalue weighted by atomic mass is 16.5. The van der Waals surface area contributed by atoms with Gasteiger partial charge in [0.15, 0.2) is 0 Å². The van der Waals surface area contributed by atoms with Gasteiger partial charge in [0, 0.05) is 19.3 Å². The quantitative estimate of drug-likeness (QED) is 0.853. The molecule has 92 valence electrons. The Balaban J connectivity index is 1.90. The predicted octanol–water partition coefficient (Wildman–Crippen LogP) is 1.08. The van der Waals surface area contributed by atoms with Crippen LogP contribution in [0.3, 0.4) is 0 Å². The lowest BCUT2D eigenvalue weighted by Gasteiger charge is -2.32. The maximum Gasteiger partial charge on any atom is 0.142 e. The molecule has 0 radical (unpaired) electrons. The molecule has 6 heteroatoms. The molecule has 3 rings (SSSR count). The van der Waals surface area contributed by atoms with E-state index in [1.165, 1.54) is 0 Å². The fourth-order valence-electron chi connectivity index (χ4n) is 2.25. The third-order valence-electron chi connectivity index (χ3n) is 3.09. The van der Waals surface area contributed by atoms with E-state index in [9.17, 15) is 0 Å². The number of rotatable bonds is 2. The van der Waals surface area contributed by atoms with Crippen molar-refractivity contribution >= 4 is 16.9 Å². The van der Waals surface area contributed by atoms with E-state index in [0.717, 1.165) is 23.4 Å². The maximum atomic E-state index is 8.73. The van der Waals surface area contributed by atoms with E-state index in [4.69, 9.17) is 10.00 Å². The molecule has 1 fully saturated rings. The molecule has 18 heavy (non-hydrogen) atoms. The molecular weight excluding hydrogens is 230 g/mol. The van der Waals surface area contributed by atoms with Crippen molar-refractivity contribution in [3.05, 3.63) is 18.6 Å². The number of nitrogens with one attached hydrogen (secondary N) is 1. The second kappa shape index (κ2) is 4.63. The highest BCUT2D eigenvalue weighted by Gasteiger charge is 2.22. The Morgan fingerprint density at radius 3 is 3.39 bits per heavy atom. The first-order chi connectivity index (χ1) is 8.88. The predicted molar refractivity (Wildman–Crippen MR) is 66.1 cm³/mol. The van der Waals surface area contributed by atoms with Crippen molar-refractivity contribution in [1.82, 2.24) is 15.0 Å². The van der Waals surface area contributed by atoms with Gasteiger partial charge in [-0.15, -0.1) is 0 Å². The van der Waals surface area contributed by atoms with E-state index in [2.05, 4.69) is 25.9 Å². The van der Waals surface area contributed by atoms with Crippen LogP contribution < -0.4 is 4.90 Å². The monoisotopic (exact) mass is 243 g/mol. The molecule has 1 N–H and O–H groups in total. The van der Waals surface area contributed by atoms with Crippen LogP contribution in [0.25, 0.3) is 11.0 Å². The third-order valence-corrected chi connectivity index (χ3v) is 3.09. The van der Waals surface area contributed by atoms with Crippen molar-refractivity contribution in [2.45, 2.75) is 12.5 Å². The van der Waals surface area contributed by atoms with Crippen molar-refractivity contribution in [2.75, 3.05) is 24.6 Å². The average Bonchev–Trinajstić information content (AvgIpc) is 2.87. The second-order valence-corrected chi connectivity index (χ2v) is 4.24. The molecule has 0 saturated carbocycles. The number of ether oxygens (including phenoxy) is 1. The SMILES string of the molecule is N#CCC1CN(c2ncnc3[nH]ccc23)CCO1. The number of aromatic nitrogens is 3. The number of nitrogens with zero attached hydrogens (tertiary/aromatic N) is 4. The van der Waals surface area contributed by atoms with Crippen molar-refractivity contribution in [2.24, 2.45) is 0 Å². The van der Waals surface area contributed by atoms with Crippen molar-refractivity contribution in [1.29, 1.82) is 5.26 Å². The van der Waals surface area contributed by atoms with Gasteiger partial charge in [-0.3, -0.25) is 0 Å². The van der Waals surface area contributed by atoms with Crippen LogP contribution in [0.4, 0.5) is 5.82 Å². The molecule has 2 aromatic heterocycles. The summed E-state index contributed by atoms with van der Waals surface area (Å²) in [5.74, 6) is 0.910. The van der Waals surface area contributed by atoms with Crippen LogP contribution in [0.1, 0.15) is 6.42 Å². The van der Waals surface area contributed by atoms with Crippen molar-refractivity contribution in [3.63, 3.8) is 0 Å². The van der Waals surface area contributed by atoms with Crippen LogP contribution in [0.2, 0.25) is 0 Å². The number of morpholine rings is 1. The average molecular weight is 243 g/mol. The van der Waals surface area contributed by atoms with Gasteiger partial charge in [0.2, 0.25) is 0 Å². The molecule has 0 aromatic carbocycles. The first kappa shape index (κ1) is 11.0. The van der Waals surface area contributed by atoms with Crippen LogP contribution in [0.15, 0.2) is 18.6 Å². The summed E-state index contributed by atoms with van der Waals surface area (Å²) in [5, 5.41) is 9.74. The Hall–Kier alpha value is -2.13. The summed E-state index contributed by atoms with van der Waals surface area (Å²) in [4.78, 5) is 13.8. The van der Waals surface area contributed by atoms with E-state index in [0.29, 0.717) is 19.6 Å². The lowest BCUT2D eigenvalue weighted by Crippen LogP contribution is -2.42. The number of H-pyrrole nitrogens is 1. The van der Waals surface area contributed by atoms with Gasteiger partial charge in [0.1, 0.15) is 17.8 Å². The van der Waals surface area contributed by atoms with Gasteiger partial charge in [0.25, 0.3) is 0 Å². The Kier molecular flexibility index (Phi) is 2.82. The van der Waals surface area contributed by atoms with Gasteiger partial charge in [0.05, 0.1) is 30.6 Å². The molecule has 0 aliphatic carbocycles. The van der Waals surface area contributed by atoms with Gasteiger partial charge >= 0.3 is 0 Å². The molecule has 0 spiro atoms. The molecule has 2 aromatic rings. The Morgan fingerprint density at radius 2 is 2.50 bits per heavy atom. The summed E-state index contributed by atoms with van der Waals surface area (Å²) >= 11 is 0. The standard InChI is InChI=1S/C12H13N5O/c13-3-1-9-7-17(5-6-18-9)12-10-2-4-14-11(10)15-8-16-12/h2,4,8-9H,1,5-7H2,(H,14,15,16). The van der Waals surface area contributed by atoms with Gasteiger partial charge in [-0.25, -0.2) is 9.97 Å². The van der Waals surface area contributed by atoms with Crippen LogP contribution >= 0.6 is 0 Å². The molecule has 0 amide bonds. The molecule has 3 heterocycles. The zero-order chi connectivity index (χ0) is 12.4. The highest BCUT2D eigenvalue weighted by Crippen LogP contribution is 2.24. The Morgan fingerprint density at radius 1 is 1.56 bits per heavy atom. The van der Waals surface area contributed by atoms with E-state index < -0.39 is 0 Å². The summed E-state index contributed by atoms with van der Waals surface area (Å²) in [5.41, 5.74) is 0.836. The first-order valence-corrected chi connectivity index (χ1v) is 5.90. The highest BCUT2D eigenvalue weighted by molar-refractivity contribution is 5.87. The van der Waals surface area contributed by atoms with Gasteiger partial charge in [-0.1, -0.05) is 0 Å². The number of hydrogen-bond donors (Lipinski definition) is 1. The minimum atomic E-state index is -0.0345. The minimum absolute atomic E-state index is 0.0345. The van der Waals surface area contributed by atoms with Crippen LogP contribution in [-0.4, -0.2) is 40.8 Å². The second-order valence-electron chi connectivity index (χ2n) is 4.24. The number of nitriles is 1. The Bertz CT molecular complexity index is 587. The summed E-state index contributed by atoms with van der Waals surface area (Å²) in [6, 6.07) is 4.12. The molecule has 1 aliphatic heterocycles. The Labute approximate surface area is 104 Å². The largest absolute Gasteiger partial charge is 0.373 e. The topological polar surface area (TPSA) is 77.8 Å². The zero-order valence-corrected chi connectivity index (χ0v) is 9.83. The van der Waals surface area contributed by atoms with Crippen molar-refractivity contribution < 1.29 is 4.74 Å². The minimum Gasteiger partial charge on any atom is -0.373 e. The third kappa shape index (κ3) is 1.89. The van der Waals surface area contributed by atoms with Crippen LogP contribution in [0, 0.1) is 11.3 Å². The number of fused-ring (bicyclic) bond motifs is 1. The smallest absolute Gasteiger partial charge is 0.142 e. The van der Waals surface area contributed by atoms with Gasteiger partial charge < -0.3 is 14.6 Å². The zero-order valence-electron chi connectivity index (χ0n) is 9.83. The molecule has 1 saturated heterocycles. The summed E-state index contributed by atoms with van der Waals surface area (Å²) in [7, 11) is 0. The molecule has 1 atom stereocenters. The summed E-state index contributed by atoms with van der Waals surface area (Å²) in [6.45, 7) is 2.12. The lowest BCUT2D eigenvalue weighted by atomic mass is 10.2. The fourth-order valence-corrected chi connectivity index (χ4v) is 2.25. The summed E-state index contributed by atoms with van der Waals surface area (Å²) < 4.78 is 5.55. The normalized spacial score (nSPS) is 19.9. The van der Waals surface area contributed by atoms with Crippen LogP contribution in [0.5, 0.6) is 0 Å². The van der Waals surface area contributed by atoms with Gasteiger partial charge in [-0.2, -0.15) is 5.26 Å². The molecular formula is C12H13N5O. The lowest BCUT2D eigenvalue weighted by molar-refractivity contribution is 0.0437. The van der Waals surface area contributed by atoms with E-state index >= 15 is 0 Å². The maximum absolute atomic E-state index is 8.73. The summed E-state index contributed by atoms with van der Waals surface area (Å²) in [6.07, 6.45) is 3.80. The molecule has 0 bridgehead atoms. The van der Waals surface area contributed by atoms with Crippen molar-refractivity contribution in [3.8, 4) is 6.07 Å². The molecule has 6 nitrogen and oxygen atoms in total. The molecule has 1 aliphatic rings. The number of anilines is 1. The molecule has 1 unspecified atom stereocenters. The van der Waals surface area contributed by atoms with E-state index in [1.54, 1.807) is 6.33 Å². The van der Waals surface area contributed by atoms with E-state index in [1.807, 2.05) is 12.3 Å².